The van der Waals surface area contributed by atoms with Crippen molar-refractivity contribution in [2.45, 2.75) is 33.9 Å². The van der Waals surface area contributed by atoms with Crippen molar-refractivity contribution in [3.8, 4) is 0 Å². The molecule has 0 saturated carbocycles. The third kappa shape index (κ3) is 2.79. The molecule has 0 aliphatic carbocycles. The lowest BCUT2D eigenvalue weighted by Crippen LogP contribution is -2.25. The SMILES string of the molecule is CCn1nc(C)c(CN(C)CCN)c1C. The lowest BCUT2D eigenvalue weighted by atomic mass is 10.2. The zero-order valence-electron chi connectivity index (χ0n) is 10.2. The molecule has 4 nitrogen and oxygen atoms in total. The van der Waals surface area contributed by atoms with Crippen LogP contribution in [-0.2, 0) is 13.1 Å². The minimum absolute atomic E-state index is 0.705. The summed E-state index contributed by atoms with van der Waals surface area (Å²) in [6.45, 7) is 9.83. The largest absolute Gasteiger partial charge is 0.329 e. The maximum absolute atomic E-state index is 5.53. The van der Waals surface area contributed by atoms with Crippen molar-refractivity contribution in [2.24, 2.45) is 5.73 Å². The van der Waals surface area contributed by atoms with Crippen LogP contribution in [0, 0.1) is 13.8 Å². The van der Waals surface area contributed by atoms with Gasteiger partial charge < -0.3 is 10.6 Å². The van der Waals surface area contributed by atoms with Gasteiger partial charge in [0.1, 0.15) is 0 Å². The van der Waals surface area contributed by atoms with Gasteiger partial charge in [-0.1, -0.05) is 0 Å². The first-order chi connectivity index (χ1) is 7.10. The van der Waals surface area contributed by atoms with Crippen LogP contribution in [0.5, 0.6) is 0 Å². The lowest BCUT2D eigenvalue weighted by Gasteiger charge is -2.15. The highest BCUT2D eigenvalue weighted by molar-refractivity contribution is 5.24. The molecule has 0 saturated heterocycles. The van der Waals surface area contributed by atoms with Crippen molar-refractivity contribution in [2.75, 3.05) is 20.1 Å². The van der Waals surface area contributed by atoms with Gasteiger partial charge in [-0.05, 0) is 27.8 Å². The Labute approximate surface area is 92.1 Å². The maximum atomic E-state index is 5.53. The van der Waals surface area contributed by atoms with E-state index < -0.39 is 0 Å². The number of hydrogen-bond acceptors (Lipinski definition) is 3. The molecule has 0 unspecified atom stereocenters. The van der Waals surface area contributed by atoms with Crippen LogP contribution in [0.25, 0.3) is 0 Å². The summed E-state index contributed by atoms with van der Waals surface area (Å²) in [6.07, 6.45) is 0. The van der Waals surface area contributed by atoms with Crippen LogP contribution >= 0.6 is 0 Å². The van der Waals surface area contributed by atoms with Gasteiger partial charge in [-0.3, -0.25) is 4.68 Å². The van der Waals surface area contributed by atoms with Gasteiger partial charge in [-0.15, -0.1) is 0 Å². The summed E-state index contributed by atoms with van der Waals surface area (Å²) in [7, 11) is 2.09. The molecular weight excluding hydrogens is 188 g/mol. The smallest absolute Gasteiger partial charge is 0.0641 e. The Morgan fingerprint density at radius 1 is 1.40 bits per heavy atom. The molecule has 15 heavy (non-hydrogen) atoms. The summed E-state index contributed by atoms with van der Waals surface area (Å²) in [5, 5.41) is 4.50. The Kier molecular flexibility index (Phi) is 4.29. The van der Waals surface area contributed by atoms with Crippen LogP contribution in [0.15, 0.2) is 0 Å². The molecule has 0 bridgehead atoms. The summed E-state index contributed by atoms with van der Waals surface area (Å²) in [4.78, 5) is 2.23. The molecule has 1 rings (SSSR count). The standard InChI is InChI=1S/C11H22N4/c1-5-15-10(3)11(9(2)13-15)8-14(4)7-6-12/h5-8,12H2,1-4H3. The molecule has 1 aromatic heterocycles. The van der Waals surface area contributed by atoms with Gasteiger partial charge in [-0.2, -0.15) is 5.10 Å². The Hall–Kier alpha value is -0.870. The van der Waals surface area contributed by atoms with Crippen LogP contribution < -0.4 is 5.73 Å². The summed E-state index contributed by atoms with van der Waals surface area (Å²) >= 11 is 0. The first-order valence-corrected chi connectivity index (χ1v) is 5.51. The van der Waals surface area contributed by atoms with E-state index in [4.69, 9.17) is 5.73 Å². The maximum Gasteiger partial charge on any atom is 0.0641 e. The molecule has 0 aromatic carbocycles. The van der Waals surface area contributed by atoms with E-state index >= 15 is 0 Å². The van der Waals surface area contributed by atoms with Gasteiger partial charge in [0.05, 0.1) is 5.69 Å². The number of likely N-dealkylation sites (N-methyl/N-ethyl adjacent to an activating group) is 1. The molecule has 0 spiro atoms. The number of nitrogens with two attached hydrogens (primary N) is 1. The highest BCUT2D eigenvalue weighted by atomic mass is 15.3. The van der Waals surface area contributed by atoms with Crippen LogP contribution in [-0.4, -0.2) is 34.8 Å². The van der Waals surface area contributed by atoms with Crippen molar-refractivity contribution < 1.29 is 0 Å². The minimum atomic E-state index is 0.705. The number of rotatable bonds is 5. The zero-order valence-corrected chi connectivity index (χ0v) is 10.2. The minimum Gasteiger partial charge on any atom is -0.329 e. The van der Waals surface area contributed by atoms with Crippen molar-refractivity contribution >= 4 is 0 Å². The van der Waals surface area contributed by atoms with Gasteiger partial charge >= 0.3 is 0 Å². The van der Waals surface area contributed by atoms with E-state index in [1.807, 2.05) is 0 Å². The first-order valence-electron chi connectivity index (χ1n) is 5.51. The van der Waals surface area contributed by atoms with Gasteiger partial charge in [0.25, 0.3) is 0 Å². The van der Waals surface area contributed by atoms with Crippen LogP contribution in [0.4, 0.5) is 0 Å². The topological polar surface area (TPSA) is 47.1 Å². The second-order valence-corrected chi connectivity index (χ2v) is 3.99. The molecule has 4 heteroatoms. The quantitative estimate of drug-likeness (QED) is 0.786. The molecule has 0 aliphatic rings. The molecule has 1 heterocycles. The highest BCUT2D eigenvalue weighted by Crippen LogP contribution is 2.14. The Morgan fingerprint density at radius 3 is 2.53 bits per heavy atom. The van der Waals surface area contributed by atoms with Crippen molar-refractivity contribution in [3.05, 3.63) is 17.0 Å². The summed E-state index contributed by atoms with van der Waals surface area (Å²) < 4.78 is 2.06. The number of hydrogen-bond donors (Lipinski definition) is 1. The molecule has 0 fully saturated rings. The van der Waals surface area contributed by atoms with E-state index in [1.54, 1.807) is 0 Å². The Balaban J connectivity index is 2.80. The van der Waals surface area contributed by atoms with Crippen LogP contribution in [0.2, 0.25) is 0 Å². The molecule has 0 radical (unpaired) electrons. The fraction of sp³-hybridized carbons (Fsp3) is 0.727. The lowest BCUT2D eigenvalue weighted by molar-refractivity contribution is 0.334. The van der Waals surface area contributed by atoms with E-state index in [0.717, 1.165) is 25.3 Å². The normalized spacial score (nSPS) is 11.3. The summed E-state index contributed by atoms with van der Waals surface area (Å²) in [5.41, 5.74) is 9.28. The van der Waals surface area contributed by atoms with Gasteiger partial charge in [0.2, 0.25) is 0 Å². The second kappa shape index (κ2) is 5.28. The average molecular weight is 210 g/mol. The molecule has 86 valence electrons. The molecule has 1 aromatic rings. The monoisotopic (exact) mass is 210 g/mol. The van der Waals surface area contributed by atoms with Gasteiger partial charge in [0, 0.05) is 37.4 Å². The van der Waals surface area contributed by atoms with Gasteiger partial charge in [0.15, 0.2) is 0 Å². The Morgan fingerprint density at radius 2 is 2.07 bits per heavy atom. The molecule has 0 aliphatic heterocycles. The van der Waals surface area contributed by atoms with E-state index in [9.17, 15) is 0 Å². The number of aromatic nitrogens is 2. The third-order valence-corrected chi connectivity index (χ3v) is 2.77. The van der Waals surface area contributed by atoms with Crippen LogP contribution in [0.1, 0.15) is 23.9 Å². The van der Waals surface area contributed by atoms with Gasteiger partial charge in [-0.25, -0.2) is 0 Å². The second-order valence-electron chi connectivity index (χ2n) is 3.99. The Bertz CT molecular complexity index is 317. The fourth-order valence-electron chi connectivity index (χ4n) is 1.84. The molecular formula is C11H22N4. The third-order valence-electron chi connectivity index (χ3n) is 2.77. The average Bonchev–Trinajstić information content (AvgIpc) is 2.45. The number of aryl methyl sites for hydroxylation is 2. The van der Waals surface area contributed by atoms with E-state index in [-0.39, 0.29) is 0 Å². The predicted molar refractivity (Wildman–Crippen MR) is 62.8 cm³/mol. The molecule has 0 atom stereocenters. The predicted octanol–water partition coefficient (Wildman–Crippen LogP) is 0.910. The van der Waals surface area contributed by atoms with E-state index in [1.165, 1.54) is 11.3 Å². The van der Waals surface area contributed by atoms with E-state index in [2.05, 4.69) is 42.5 Å². The molecule has 2 N–H and O–H groups in total. The summed E-state index contributed by atoms with van der Waals surface area (Å²) in [6, 6.07) is 0. The highest BCUT2D eigenvalue weighted by Gasteiger charge is 2.11. The van der Waals surface area contributed by atoms with Crippen LogP contribution in [0.3, 0.4) is 0 Å². The van der Waals surface area contributed by atoms with E-state index in [0.29, 0.717) is 6.54 Å². The summed E-state index contributed by atoms with van der Waals surface area (Å²) in [5.74, 6) is 0. The van der Waals surface area contributed by atoms with Crippen molar-refractivity contribution in [1.29, 1.82) is 0 Å². The number of nitrogens with zero attached hydrogens (tertiary/aromatic N) is 3. The fourth-order valence-corrected chi connectivity index (χ4v) is 1.84. The van der Waals surface area contributed by atoms with Crippen molar-refractivity contribution in [1.82, 2.24) is 14.7 Å². The molecule has 0 amide bonds. The zero-order chi connectivity index (χ0) is 11.4. The first kappa shape index (κ1) is 12.2. The van der Waals surface area contributed by atoms with Crippen molar-refractivity contribution in [3.63, 3.8) is 0 Å².